The third kappa shape index (κ3) is 3.19. The summed E-state index contributed by atoms with van der Waals surface area (Å²) in [6.45, 7) is 0.838. The van der Waals surface area contributed by atoms with E-state index in [9.17, 15) is 9.59 Å². The number of fused-ring (bicyclic) bond motifs is 2. The van der Waals surface area contributed by atoms with Crippen LogP contribution >= 0.6 is 0 Å². The van der Waals surface area contributed by atoms with Gasteiger partial charge in [0.15, 0.2) is 0 Å². The number of alkyl carbamates (subject to hydrolysis) is 1. The molecule has 1 aromatic carbocycles. The summed E-state index contributed by atoms with van der Waals surface area (Å²) in [5.41, 5.74) is 0.678. The van der Waals surface area contributed by atoms with Crippen LogP contribution in [-0.4, -0.2) is 25.7 Å². The van der Waals surface area contributed by atoms with Gasteiger partial charge in [-0.2, -0.15) is 0 Å². The molecule has 0 atom stereocenters. The smallest absolute Gasteiger partial charge is 0.407 e. The second kappa shape index (κ2) is 6.22. The van der Waals surface area contributed by atoms with Crippen LogP contribution in [0, 0.1) is 10.8 Å². The van der Waals surface area contributed by atoms with E-state index >= 15 is 0 Å². The Morgan fingerprint density at radius 3 is 2.48 bits per heavy atom. The van der Waals surface area contributed by atoms with Crippen molar-refractivity contribution in [2.45, 2.75) is 38.7 Å². The molecule has 0 aliphatic heterocycles. The van der Waals surface area contributed by atoms with Crippen molar-refractivity contribution in [1.82, 2.24) is 5.32 Å². The highest BCUT2D eigenvalue weighted by molar-refractivity contribution is 5.78. The van der Waals surface area contributed by atoms with E-state index in [2.05, 4.69) is 5.32 Å². The fourth-order valence-electron chi connectivity index (χ4n) is 4.10. The van der Waals surface area contributed by atoms with Gasteiger partial charge in [-0.15, -0.1) is 0 Å². The Morgan fingerprint density at radius 1 is 1.13 bits per heavy atom. The highest BCUT2D eigenvalue weighted by atomic mass is 16.5. The van der Waals surface area contributed by atoms with Gasteiger partial charge in [0.25, 0.3) is 0 Å². The largest absolute Gasteiger partial charge is 0.469 e. The zero-order chi connectivity index (χ0) is 16.3. The number of methoxy groups -OCH3 is 1. The number of carbonyl (C=O) groups is 2. The molecule has 0 radical (unpaired) electrons. The number of hydrogen-bond donors (Lipinski definition) is 1. The van der Waals surface area contributed by atoms with E-state index in [1.165, 1.54) is 7.11 Å². The summed E-state index contributed by atoms with van der Waals surface area (Å²) in [4.78, 5) is 23.9. The van der Waals surface area contributed by atoms with Crippen molar-refractivity contribution in [1.29, 1.82) is 0 Å². The number of ether oxygens (including phenoxy) is 2. The van der Waals surface area contributed by atoms with E-state index in [0.29, 0.717) is 6.54 Å². The van der Waals surface area contributed by atoms with Crippen molar-refractivity contribution in [2.75, 3.05) is 13.7 Å². The first kappa shape index (κ1) is 15.8. The monoisotopic (exact) mass is 317 g/mol. The van der Waals surface area contributed by atoms with Crippen molar-refractivity contribution in [2.24, 2.45) is 10.8 Å². The summed E-state index contributed by atoms with van der Waals surface area (Å²) in [6.07, 6.45) is 4.06. The Kier molecular flexibility index (Phi) is 4.28. The summed E-state index contributed by atoms with van der Waals surface area (Å²) in [6, 6.07) is 9.60. The fraction of sp³-hybridized carbons (Fsp3) is 0.556. The Bertz CT molecular complexity index is 576. The molecule has 2 bridgehead atoms. The van der Waals surface area contributed by atoms with E-state index in [1.807, 2.05) is 30.3 Å². The minimum absolute atomic E-state index is 0.0277. The van der Waals surface area contributed by atoms with Gasteiger partial charge in [0.1, 0.15) is 6.61 Å². The maximum absolute atomic E-state index is 12.0. The zero-order valence-electron chi connectivity index (χ0n) is 13.5. The van der Waals surface area contributed by atoms with Crippen LogP contribution in [0.15, 0.2) is 30.3 Å². The third-order valence-electron chi connectivity index (χ3n) is 5.42. The summed E-state index contributed by atoms with van der Waals surface area (Å²) in [5.74, 6) is -0.0940. The second-order valence-corrected chi connectivity index (χ2v) is 6.86. The number of esters is 1. The van der Waals surface area contributed by atoms with Crippen LogP contribution in [0.2, 0.25) is 0 Å². The topological polar surface area (TPSA) is 64.6 Å². The van der Waals surface area contributed by atoms with Gasteiger partial charge in [-0.05, 0) is 43.1 Å². The maximum Gasteiger partial charge on any atom is 0.407 e. The van der Waals surface area contributed by atoms with Gasteiger partial charge in [0.2, 0.25) is 0 Å². The molecule has 3 rings (SSSR count). The van der Waals surface area contributed by atoms with Crippen molar-refractivity contribution < 1.29 is 19.1 Å². The first-order chi connectivity index (χ1) is 11.1. The summed E-state index contributed by atoms with van der Waals surface area (Å²) < 4.78 is 10.2. The molecule has 2 fully saturated rings. The Labute approximate surface area is 136 Å². The van der Waals surface area contributed by atoms with E-state index in [1.54, 1.807) is 0 Å². The maximum atomic E-state index is 12.0. The molecule has 124 valence electrons. The molecule has 1 aromatic rings. The highest BCUT2D eigenvalue weighted by Gasteiger charge is 2.58. The molecule has 5 heteroatoms. The molecule has 2 aliphatic rings. The molecule has 5 nitrogen and oxygen atoms in total. The van der Waals surface area contributed by atoms with Gasteiger partial charge >= 0.3 is 12.1 Å². The normalized spacial score (nSPS) is 28.4. The lowest BCUT2D eigenvalue weighted by atomic mass is 9.82. The molecule has 0 aromatic heterocycles. The minimum Gasteiger partial charge on any atom is -0.469 e. The van der Waals surface area contributed by atoms with Gasteiger partial charge < -0.3 is 14.8 Å². The number of amides is 1. The lowest BCUT2D eigenvalue weighted by molar-refractivity contribution is -0.152. The SMILES string of the molecule is COC(=O)C12CCC(CNC(=O)OCc3ccccc3)(CC1)C2. The zero-order valence-corrected chi connectivity index (χ0v) is 13.5. The standard InChI is InChI=1S/C18H23NO4/c1-22-15(20)18-9-7-17(12-18,8-10-18)13-19-16(21)23-11-14-5-3-2-4-6-14/h2-6H,7-13H2,1H3,(H,19,21). The first-order valence-corrected chi connectivity index (χ1v) is 8.11. The van der Waals surface area contributed by atoms with Gasteiger partial charge in [-0.3, -0.25) is 4.79 Å². The van der Waals surface area contributed by atoms with E-state index in [4.69, 9.17) is 9.47 Å². The van der Waals surface area contributed by atoms with Gasteiger partial charge in [-0.25, -0.2) is 4.79 Å². The van der Waals surface area contributed by atoms with Crippen molar-refractivity contribution in [3.05, 3.63) is 35.9 Å². The van der Waals surface area contributed by atoms with Crippen LogP contribution in [-0.2, 0) is 20.9 Å². The number of hydrogen-bond acceptors (Lipinski definition) is 4. The van der Waals surface area contributed by atoms with Gasteiger partial charge in [0.05, 0.1) is 12.5 Å². The number of benzene rings is 1. The molecule has 1 N–H and O–H groups in total. The lowest BCUT2D eigenvalue weighted by Gasteiger charge is -2.26. The molecule has 1 amide bonds. The van der Waals surface area contributed by atoms with Crippen molar-refractivity contribution >= 4 is 12.1 Å². The minimum atomic E-state index is -0.398. The number of carbonyl (C=O) groups excluding carboxylic acids is 2. The Balaban J connectivity index is 1.48. The summed E-state index contributed by atoms with van der Waals surface area (Å²) >= 11 is 0. The highest BCUT2D eigenvalue weighted by Crippen LogP contribution is 2.61. The average molecular weight is 317 g/mol. The molecule has 0 heterocycles. The second-order valence-electron chi connectivity index (χ2n) is 6.86. The summed E-state index contributed by atoms with van der Waals surface area (Å²) in [7, 11) is 1.45. The number of rotatable bonds is 5. The average Bonchev–Trinajstić information content (AvgIpc) is 3.16. The van der Waals surface area contributed by atoms with E-state index in [-0.39, 0.29) is 23.4 Å². The quantitative estimate of drug-likeness (QED) is 0.848. The Morgan fingerprint density at radius 2 is 1.83 bits per heavy atom. The van der Waals surface area contributed by atoms with Crippen LogP contribution in [0.1, 0.15) is 37.7 Å². The molecule has 0 saturated heterocycles. The Hall–Kier alpha value is -2.04. The summed E-state index contributed by atoms with van der Waals surface area (Å²) in [5, 5.41) is 2.87. The predicted molar refractivity (Wildman–Crippen MR) is 84.6 cm³/mol. The van der Waals surface area contributed by atoms with Crippen LogP contribution in [0.3, 0.4) is 0 Å². The molecular weight excluding hydrogens is 294 g/mol. The van der Waals surface area contributed by atoms with E-state index in [0.717, 1.165) is 37.7 Å². The number of nitrogens with one attached hydrogen (secondary N) is 1. The fourth-order valence-corrected chi connectivity index (χ4v) is 4.10. The molecule has 0 unspecified atom stereocenters. The third-order valence-corrected chi connectivity index (χ3v) is 5.42. The van der Waals surface area contributed by atoms with Gasteiger partial charge in [-0.1, -0.05) is 30.3 Å². The predicted octanol–water partition coefficient (Wildman–Crippen LogP) is 3.04. The van der Waals surface area contributed by atoms with Gasteiger partial charge in [0, 0.05) is 6.54 Å². The van der Waals surface area contributed by atoms with Crippen LogP contribution < -0.4 is 5.32 Å². The molecule has 2 saturated carbocycles. The molecule has 2 aliphatic carbocycles. The van der Waals surface area contributed by atoms with Crippen LogP contribution in [0.25, 0.3) is 0 Å². The molecule has 0 spiro atoms. The lowest BCUT2D eigenvalue weighted by Crippen LogP contribution is -2.35. The van der Waals surface area contributed by atoms with Crippen LogP contribution in [0.4, 0.5) is 4.79 Å². The molecule has 23 heavy (non-hydrogen) atoms. The first-order valence-electron chi connectivity index (χ1n) is 8.11. The van der Waals surface area contributed by atoms with Crippen molar-refractivity contribution in [3.63, 3.8) is 0 Å². The van der Waals surface area contributed by atoms with Crippen LogP contribution in [0.5, 0.6) is 0 Å². The van der Waals surface area contributed by atoms with E-state index < -0.39 is 6.09 Å². The van der Waals surface area contributed by atoms with Crippen molar-refractivity contribution in [3.8, 4) is 0 Å². The molecular formula is C18H23NO4.